The summed E-state index contributed by atoms with van der Waals surface area (Å²) in [4.78, 5) is 14.7. The van der Waals surface area contributed by atoms with Crippen molar-refractivity contribution in [2.75, 3.05) is 6.54 Å². The second-order valence-corrected chi connectivity index (χ2v) is 7.47. The fraction of sp³-hybridized carbons (Fsp3) is 0.318. The number of halogens is 1. The molecule has 0 aliphatic carbocycles. The number of fused-ring (bicyclic) bond motifs is 1. The highest BCUT2D eigenvalue weighted by atomic mass is 19.1. The Hall–Kier alpha value is -3.26. The number of nitrogens with one attached hydrogen (secondary N) is 1. The molecule has 1 fully saturated rings. The number of nitrogens with zero attached hydrogens (tertiary/aromatic N) is 4. The standard InChI is InChI=1S/C22H22FN5O2/c23-15-9-10-17-18(12-15)25-22(24-17)19-8-4-5-11-28(19)13-21-26-20(27-30-21)14-29-16-6-2-1-3-7-16/h1-3,6-7,9-10,12,19H,4-5,8,11,13-14H2,(H,24,25)/t19-/m1/s1. The van der Waals surface area contributed by atoms with E-state index in [9.17, 15) is 4.39 Å². The molecule has 154 valence electrons. The highest BCUT2D eigenvalue weighted by Crippen LogP contribution is 2.31. The second-order valence-electron chi connectivity index (χ2n) is 7.47. The Kier molecular flexibility index (Phi) is 5.15. The van der Waals surface area contributed by atoms with Crippen LogP contribution >= 0.6 is 0 Å². The first kappa shape index (κ1) is 18.7. The van der Waals surface area contributed by atoms with E-state index < -0.39 is 0 Å². The summed E-state index contributed by atoms with van der Waals surface area (Å²) in [5, 5.41) is 4.04. The maximum absolute atomic E-state index is 13.5. The third-order valence-electron chi connectivity index (χ3n) is 5.35. The van der Waals surface area contributed by atoms with Gasteiger partial charge >= 0.3 is 0 Å². The van der Waals surface area contributed by atoms with Gasteiger partial charge in [0.25, 0.3) is 0 Å². The average molecular weight is 407 g/mol. The van der Waals surface area contributed by atoms with Crippen molar-refractivity contribution in [2.24, 2.45) is 0 Å². The predicted octanol–water partition coefficient (Wildman–Crippen LogP) is 4.39. The predicted molar refractivity (Wildman–Crippen MR) is 108 cm³/mol. The SMILES string of the molecule is Fc1ccc2nc([C@H]3CCCCN3Cc3nc(COc4ccccc4)no3)[nH]c2c1. The molecule has 1 N–H and O–H groups in total. The number of hydrogen-bond acceptors (Lipinski definition) is 6. The van der Waals surface area contributed by atoms with E-state index in [-0.39, 0.29) is 18.5 Å². The van der Waals surface area contributed by atoms with E-state index in [1.807, 2.05) is 30.3 Å². The Morgan fingerprint density at radius 1 is 1.13 bits per heavy atom. The monoisotopic (exact) mass is 407 g/mol. The summed E-state index contributed by atoms with van der Waals surface area (Å²) in [6.07, 6.45) is 3.19. The van der Waals surface area contributed by atoms with Gasteiger partial charge in [0.15, 0.2) is 6.61 Å². The molecule has 5 rings (SSSR count). The van der Waals surface area contributed by atoms with Crippen molar-refractivity contribution in [3.05, 3.63) is 71.9 Å². The molecule has 7 nitrogen and oxygen atoms in total. The van der Waals surface area contributed by atoms with Crippen molar-refractivity contribution >= 4 is 11.0 Å². The summed E-state index contributed by atoms with van der Waals surface area (Å²) in [5.41, 5.74) is 1.49. The normalized spacial score (nSPS) is 17.4. The lowest BCUT2D eigenvalue weighted by Gasteiger charge is -2.33. The molecule has 0 radical (unpaired) electrons. The molecule has 1 saturated heterocycles. The van der Waals surface area contributed by atoms with E-state index in [2.05, 4.69) is 25.0 Å². The molecule has 8 heteroatoms. The van der Waals surface area contributed by atoms with Crippen LogP contribution in [-0.2, 0) is 13.2 Å². The van der Waals surface area contributed by atoms with E-state index in [1.54, 1.807) is 6.07 Å². The van der Waals surface area contributed by atoms with E-state index >= 15 is 0 Å². The van der Waals surface area contributed by atoms with Crippen molar-refractivity contribution < 1.29 is 13.7 Å². The first-order chi connectivity index (χ1) is 14.7. The number of imidazole rings is 1. The molecular weight excluding hydrogens is 385 g/mol. The van der Waals surface area contributed by atoms with Gasteiger partial charge in [0.2, 0.25) is 11.7 Å². The van der Waals surface area contributed by atoms with Gasteiger partial charge in [-0.1, -0.05) is 29.8 Å². The van der Waals surface area contributed by atoms with Gasteiger partial charge in [-0.05, 0) is 49.7 Å². The summed E-state index contributed by atoms with van der Waals surface area (Å²) < 4.78 is 24.7. The number of benzene rings is 2. The molecule has 1 aliphatic heterocycles. The first-order valence-corrected chi connectivity index (χ1v) is 10.1. The molecule has 3 heterocycles. The molecule has 0 saturated carbocycles. The average Bonchev–Trinajstić information content (AvgIpc) is 3.40. The van der Waals surface area contributed by atoms with Crippen LogP contribution in [0, 0.1) is 5.82 Å². The first-order valence-electron chi connectivity index (χ1n) is 10.1. The molecular formula is C22H22FN5O2. The Morgan fingerprint density at radius 2 is 2.03 bits per heavy atom. The number of aromatic nitrogens is 4. The summed E-state index contributed by atoms with van der Waals surface area (Å²) in [6, 6.07) is 14.3. The minimum absolute atomic E-state index is 0.102. The van der Waals surface area contributed by atoms with Crippen LogP contribution in [0.2, 0.25) is 0 Å². The van der Waals surface area contributed by atoms with Crippen LogP contribution in [0.1, 0.15) is 42.8 Å². The lowest BCUT2D eigenvalue weighted by molar-refractivity contribution is 0.119. The number of para-hydroxylation sites is 1. The van der Waals surface area contributed by atoms with E-state index in [0.717, 1.165) is 42.9 Å². The minimum Gasteiger partial charge on any atom is -0.485 e. The summed E-state index contributed by atoms with van der Waals surface area (Å²) in [5.74, 6) is 2.41. The van der Waals surface area contributed by atoms with E-state index in [1.165, 1.54) is 12.1 Å². The number of ether oxygens (including phenoxy) is 1. The molecule has 0 spiro atoms. The Bertz CT molecular complexity index is 1130. The van der Waals surface area contributed by atoms with Crippen LogP contribution in [0.25, 0.3) is 11.0 Å². The molecule has 0 bridgehead atoms. The van der Waals surface area contributed by atoms with Gasteiger partial charge in [0.05, 0.1) is 23.6 Å². The van der Waals surface area contributed by atoms with E-state index in [0.29, 0.717) is 23.8 Å². The summed E-state index contributed by atoms with van der Waals surface area (Å²) >= 11 is 0. The van der Waals surface area contributed by atoms with Gasteiger partial charge < -0.3 is 14.2 Å². The molecule has 0 amide bonds. The molecule has 2 aromatic carbocycles. The quantitative estimate of drug-likeness (QED) is 0.511. The number of likely N-dealkylation sites (tertiary alicyclic amines) is 1. The van der Waals surface area contributed by atoms with Crippen molar-refractivity contribution in [1.82, 2.24) is 25.0 Å². The molecule has 1 atom stereocenters. The summed E-state index contributed by atoms with van der Waals surface area (Å²) in [6.45, 7) is 1.70. The van der Waals surface area contributed by atoms with Gasteiger partial charge in [-0.2, -0.15) is 4.98 Å². The number of H-pyrrole nitrogens is 1. The molecule has 30 heavy (non-hydrogen) atoms. The van der Waals surface area contributed by atoms with Crippen LogP contribution in [0.4, 0.5) is 4.39 Å². The zero-order valence-electron chi connectivity index (χ0n) is 16.4. The topological polar surface area (TPSA) is 80.1 Å². The highest BCUT2D eigenvalue weighted by molar-refractivity contribution is 5.75. The Labute approximate surface area is 172 Å². The second kappa shape index (κ2) is 8.23. The maximum Gasteiger partial charge on any atom is 0.240 e. The van der Waals surface area contributed by atoms with Gasteiger partial charge in [-0.15, -0.1) is 0 Å². The smallest absolute Gasteiger partial charge is 0.240 e. The molecule has 4 aromatic rings. The van der Waals surface area contributed by atoms with Crippen molar-refractivity contribution in [1.29, 1.82) is 0 Å². The van der Waals surface area contributed by atoms with Crippen LogP contribution in [0.15, 0.2) is 53.1 Å². The van der Waals surface area contributed by atoms with Crippen LogP contribution < -0.4 is 4.74 Å². The zero-order chi connectivity index (χ0) is 20.3. The highest BCUT2D eigenvalue weighted by Gasteiger charge is 2.28. The number of aromatic amines is 1. The van der Waals surface area contributed by atoms with Gasteiger partial charge in [0, 0.05) is 0 Å². The third-order valence-corrected chi connectivity index (χ3v) is 5.35. The van der Waals surface area contributed by atoms with Crippen molar-refractivity contribution in [3.63, 3.8) is 0 Å². The van der Waals surface area contributed by atoms with Gasteiger partial charge in [-0.25, -0.2) is 9.37 Å². The van der Waals surface area contributed by atoms with Crippen LogP contribution in [0.3, 0.4) is 0 Å². The largest absolute Gasteiger partial charge is 0.485 e. The Balaban J connectivity index is 1.28. The number of piperidine rings is 1. The fourth-order valence-corrected chi connectivity index (χ4v) is 3.90. The lowest BCUT2D eigenvalue weighted by Crippen LogP contribution is -2.33. The lowest BCUT2D eigenvalue weighted by atomic mass is 10.0. The molecule has 0 unspecified atom stereocenters. The van der Waals surface area contributed by atoms with E-state index in [4.69, 9.17) is 9.26 Å². The van der Waals surface area contributed by atoms with Gasteiger partial charge in [0.1, 0.15) is 17.4 Å². The number of rotatable bonds is 6. The number of hydrogen-bond donors (Lipinski definition) is 1. The molecule has 1 aliphatic rings. The van der Waals surface area contributed by atoms with Crippen LogP contribution in [-0.4, -0.2) is 31.6 Å². The molecule has 2 aromatic heterocycles. The van der Waals surface area contributed by atoms with Crippen LogP contribution in [0.5, 0.6) is 5.75 Å². The fourth-order valence-electron chi connectivity index (χ4n) is 3.90. The third kappa shape index (κ3) is 4.04. The van der Waals surface area contributed by atoms with Crippen molar-refractivity contribution in [3.8, 4) is 5.75 Å². The zero-order valence-corrected chi connectivity index (χ0v) is 16.4. The van der Waals surface area contributed by atoms with Crippen molar-refractivity contribution in [2.45, 2.75) is 38.5 Å². The minimum atomic E-state index is -0.269. The van der Waals surface area contributed by atoms with Gasteiger partial charge in [-0.3, -0.25) is 4.90 Å². The maximum atomic E-state index is 13.5. The Morgan fingerprint density at radius 3 is 2.93 bits per heavy atom. The summed E-state index contributed by atoms with van der Waals surface area (Å²) in [7, 11) is 0.